The zero-order chi connectivity index (χ0) is 15.9. The van der Waals surface area contributed by atoms with Crippen LogP contribution in [-0.2, 0) is 11.3 Å². The molecular weight excluding hydrogens is 282 g/mol. The fourth-order valence-corrected chi connectivity index (χ4v) is 2.91. The number of aryl methyl sites for hydroxylation is 1. The normalized spacial score (nSPS) is 14.3. The molecule has 0 saturated carbocycles. The lowest BCUT2D eigenvalue weighted by Crippen LogP contribution is -2.27. The monoisotopic (exact) mass is 299 g/mol. The lowest BCUT2D eigenvalue weighted by atomic mass is 10.0. The van der Waals surface area contributed by atoms with Crippen molar-refractivity contribution < 1.29 is 20.1 Å². The Kier molecular flexibility index (Phi) is 3.60. The predicted octanol–water partition coefficient (Wildman–Crippen LogP) is 2.29. The first-order valence-corrected chi connectivity index (χ1v) is 7.14. The highest BCUT2D eigenvalue weighted by Gasteiger charge is 2.25. The number of carbonyl (C=O) groups is 1. The number of carboxylic acids is 1. The van der Waals surface area contributed by atoms with Gasteiger partial charge in [-0.3, -0.25) is 0 Å². The van der Waals surface area contributed by atoms with Gasteiger partial charge in [-0.15, -0.1) is 0 Å². The number of hydrogen-bond acceptors (Lipinski definition) is 3. The number of benzene rings is 2. The summed E-state index contributed by atoms with van der Waals surface area (Å²) in [6, 6.07) is 13.2. The van der Waals surface area contributed by atoms with Crippen LogP contribution >= 0.6 is 0 Å². The van der Waals surface area contributed by atoms with E-state index in [2.05, 4.69) is 11.5 Å². The molecule has 0 spiro atoms. The highest BCUT2D eigenvalue weighted by atomic mass is 16.4. The summed E-state index contributed by atoms with van der Waals surface area (Å²) in [6.45, 7) is 2.87. The summed E-state index contributed by atoms with van der Waals surface area (Å²) >= 11 is 0. The number of aromatic nitrogens is 1. The Morgan fingerprint density at radius 3 is 2.45 bits per heavy atom. The van der Waals surface area contributed by atoms with Crippen LogP contribution in [0, 0.1) is 0 Å². The summed E-state index contributed by atoms with van der Waals surface area (Å²) < 4.78 is 2.16. The summed E-state index contributed by atoms with van der Waals surface area (Å²) in [6.07, 6.45) is -3.29. The van der Waals surface area contributed by atoms with Crippen molar-refractivity contribution in [1.29, 1.82) is 0 Å². The molecule has 2 atom stereocenters. The van der Waals surface area contributed by atoms with E-state index < -0.39 is 18.2 Å². The first-order chi connectivity index (χ1) is 10.5. The van der Waals surface area contributed by atoms with Crippen molar-refractivity contribution in [3.8, 4) is 0 Å². The van der Waals surface area contributed by atoms with E-state index in [1.54, 1.807) is 12.1 Å². The van der Waals surface area contributed by atoms with Crippen LogP contribution in [0.5, 0.6) is 0 Å². The topological polar surface area (TPSA) is 82.7 Å². The molecule has 3 aromatic rings. The van der Waals surface area contributed by atoms with E-state index in [1.165, 1.54) is 0 Å². The zero-order valence-electron chi connectivity index (χ0n) is 12.1. The van der Waals surface area contributed by atoms with Gasteiger partial charge in [-0.2, -0.15) is 0 Å². The molecule has 0 fully saturated rings. The number of aliphatic carboxylic acids is 1. The molecule has 0 saturated heterocycles. The summed E-state index contributed by atoms with van der Waals surface area (Å²) in [5.41, 5.74) is 2.50. The molecule has 3 N–H and O–H groups in total. The fraction of sp³-hybridized carbons (Fsp3) is 0.235. The van der Waals surface area contributed by atoms with Gasteiger partial charge >= 0.3 is 5.97 Å². The van der Waals surface area contributed by atoms with E-state index in [0.717, 1.165) is 28.4 Å². The van der Waals surface area contributed by atoms with Crippen molar-refractivity contribution in [1.82, 2.24) is 4.57 Å². The number of aliphatic hydroxyl groups excluding tert-OH is 2. The summed E-state index contributed by atoms with van der Waals surface area (Å²) in [5.74, 6) is -1.44. The molecule has 1 heterocycles. The molecule has 0 aliphatic carbocycles. The van der Waals surface area contributed by atoms with Gasteiger partial charge in [0.05, 0.1) is 0 Å². The Labute approximate surface area is 127 Å². The molecule has 0 amide bonds. The first kappa shape index (κ1) is 14.6. The fourth-order valence-electron chi connectivity index (χ4n) is 2.91. The Hall–Kier alpha value is -2.37. The minimum absolute atomic E-state index is 0.390. The maximum absolute atomic E-state index is 10.8. The van der Waals surface area contributed by atoms with Crippen molar-refractivity contribution in [2.75, 3.05) is 0 Å². The lowest BCUT2D eigenvalue weighted by Gasteiger charge is -2.14. The van der Waals surface area contributed by atoms with Crippen molar-refractivity contribution in [3.05, 3.63) is 48.0 Å². The van der Waals surface area contributed by atoms with E-state index in [-0.39, 0.29) is 0 Å². The highest BCUT2D eigenvalue weighted by molar-refractivity contribution is 6.08. The lowest BCUT2D eigenvalue weighted by molar-refractivity contribution is -0.153. The SMILES string of the molecule is CCn1c2ccccc2c2cc(C(O)C(O)C(=O)O)ccc21. The quantitative estimate of drug-likeness (QED) is 0.690. The number of rotatable bonds is 4. The Bertz CT molecular complexity index is 852. The molecule has 22 heavy (non-hydrogen) atoms. The first-order valence-electron chi connectivity index (χ1n) is 7.14. The van der Waals surface area contributed by atoms with E-state index >= 15 is 0 Å². The Morgan fingerprint density at radius 1 is 1.09 bits per heavy atom. The molecule has 2 unspecified atom stereocenters. The second-order valence-corrected chi connectivity index (χ2v) is 5.27. The van der Waals surface area contributed by atoms with Gasteiger partial charge < -0.3 is 19.9 Å². The third-order valence-electron chi connectivity index (χ3n) is 4.01. The second kappa shape index (κ2) is 5.44. The van der Waals surface area contributed by atoms with Crippen LogP contribution < -0.4 is 0 Å². The summed E-state index contributed by atoms with van der Waals surface area (Å²) in [4.78, 5) is 10.8. The largest absolute Gasteiger partial charge is 0.479 e. The Balaban J connectivity index is 2.22. The standard InChI is InChI=1S/C17H17NO4/c1-2-18-13-6-4-3-5-11(13)12-9-10(7-8-14(12)18)15(19)16(20)17(21)22/h3-9,15-16,19-20H,2H2,1H3,(H,21,22). The second-order valence-electron chi connectivity index (χ2n) is 5.27. The maximum atomic E-state index is 10.8. The smallest absolute Gasteiger partial charge is 0.335 e. The van der Waals surface area contributed by atoms with E-state index in [1.807, 2.05) is 30.3 Å². The summed E-state index contributed by atoms with van der Waals surface area (Å²) in [7, 11) is 0. The zero-order valence-corrected chi connectivity index (χ0v) is 12.1. The molecule has 2 aromatic carbocycles. The number of nitrogens with zero attached hydrogens (tertiary/aromatic N) is 1. The van der Waals surface area contributed by atoms with Crippen LogP contribution in [0.15, 0.2) is 42.5 Å². The number of fused-ring (bicyclic) bond motifs is 3. The molecule has 0 radical (unpaired) electrons. The van der Waals surface area contributed by atoms with Crippen LogP contribution in [0.3, 0.4) is 0 Å². The Morgan fingerprint density at radius 2 is 1.77 bits per heavy atom. The van der Waals surface area contributed by atoms with E-state index in [4.69, 9.17) is 5.11 Å². The van der Waals surface area contributed by atoms with Crippen LogP contribution in [0.2, 0.25) is 0 Å². The number of para-hydroxylation sites is 1. The number of carboxylic acid groups (broad SMARTS) is 1. The molecule has 114 valence electrons. The molecule has 5 heteroatoms. The molecular formula is C17H17NO4. The van der Waals surface area contributed by atoms with Gasteiger partial charge in [0.25, 0.3) is 0 Å². The summed E-state index contributed by atoms with van der Waals surface area (Å²) in [5, 5.41) is 30.4. The van der Waals surface area contributed by atoms with Crippen molar-refractivity contribution in [2.24, 2.45) is 0 Å². The van der Waals surface area contributed by atoms with Gasteiger partial charge in [0.2, 0.25) is 0 Å². The van der Waals surface area contributed by atoms with Gasteiger partial charge in [0, 0.05) is 28.4 Å². The maximum Gasteiger partial charge on any atom is 0.335 e. The van der Waals surface area contributed by atoms with Crippen molar-refractivity contribution in [2.45, 2.75) is 25.7 Å². The van der Waals surface area contributed by atoms with Crippen LogP contribution in [0.1, 0.15) is 18.6 Å². The molecule has 3 rings (SSSR count). The average molecular weight is 299 g/mol. The molecule has 0 aliphatic heterocycles. The van der Waals surface area contributed by atoms with Crippen LogP contribution in [-0.4, -0.2) is 32.0 Å². The number of aliphatic hydroxyl groups is 2. The minimum atomic E-state index is -1.84. The van der Waals surface area contributed by atoms with Gasteiger partial charge in [0.1, 0.15) is 6.10 Å². The average Bonchev–Trinajstić information content (AvgIpc) is 2.86. The molecule has 5 nitrogen and oxygen atoms in total. The van der Waals surface area contributed by atoms with E-state index in [0.29, 0.717) is 5.56 Å². The predicted molar refractivity (Wildman–Crippen MR) is 83.7 cm³/mol. The third-order valence-corrected chi connectivity index (χ3v) is 4.01. The van der Waals surface area contributed by atoms with Gasteiger partial charge in [-0.1, -0.05) is 24.3 Å². The van der Waals surface area contributed by atoms with Gasteiger partial charge in [0.15, 0.2) is 6.10 Å². The van der Waals surface area contributed by atoms with Crippen molar-refractivity contribution >= 4 is 27.8 Å². The molecule has 1 aromatic heterocycles. The van der Waals surface area contributed by atoms with Crippen molar-refractivity contribution in [3.63, 3.8) is 0 Å². The van der Waals surface area contributed by atoms with Gasteiger partial charge in [-0.05, 0) is 30.7 Å². The number of hydrogen-bond donors (Lipinski definition) is 3. The third kappa shape index (κ3) is 2.15. The van der Waals surface area contributed by atoms with Crippen LogP contribution in [0.25, 0.3) is 21.8 Å². The van der Waals surface area contributed by atoms with Crippen LogP contribution in [0.4, 0.5) is 0 Å². The van der Waals surface area contributed by atoms with Gasteiger partial charge in [-0.25, -0.2) is 4.79 Å². The molecule has 0 aliphatic rings. The van der Waals surface area contributed by atoms with E-state index in [9.17, 15) is 15.0 Å². The minimum Gasteiger partial charge on any atom is -0.479 e. The highest BCUT2D eigenvalue weighted by Crippen LogP contribution is 2.31. The molecule has 0 bridgehead atoms.